The maximum absolute atomic E-state index is 13.2. The molecule has 2 aromatic rings. The number of rotatable bonds is 3. The maximum Gasteiger partial charge on any atom is 0.358 e. The van der Waals surface area contributed by atoms with Crippen molar-refractivity contribution in [2.75, 3.05) is 14.2 Å². The van der Waals surface area contributed by atoms with Gasteiger partial charge in [-0.25, -0.2) is 9.59 Å². The molecule has 2 heterocycles. The highest BCUT2D eigenvalue weighted by Crippen LogP contribution is 2.55. The number of hydrogen-bond acceptors (Lipinski definition) is 14. The van der Waals surface area contributed by atoms with Crippen LogP contribution in [0.4, 0.5) is 0 Å². The molecule has 0 aromatic heterocycles. The van der Waals surface area contributed by atoms with E-state index in [1.165, 1.54) is 38.1 Å². The summed E-state index contributed by atoms with van der Waals surface area (Å²) in [5, 5.41) is 67.7. The number of phenols is 2. The molecule has 2 fully saturated rings. The van der Waals surface area contributed by atoms with Crippen molar-refractivity contribution in [1.82, 2.24) is 0 Å². The molecule has 2 aliphatic carbocycles. The standard InChI is InChI=1S/C32H30O14/c1-11-9-15(33)21-25(37)19-17(45-31(21,27(11)39)29(41)43-3)7-5-13(23(19)35)14-6-8-18-20(24(14)36)26(38)22-16(34)10-12(2)28(40)32(22,46-18)30(42)44-4/h5-8,11-12,27-28,35-40H,9-10H2,1-4H3/t11-,12+,27-,28-,31+,32-/m0/s1. The lowest BCUT2D eigenvalue weighted by Gasteiger charge is -2.45. The number of fused-ring (bicyclic) bond motifs is 4. The summed E-state index contributed by atoms with van der Waals surface area (Å²) in [6.07, 6.45) is -3.72. The van der Waals surface area contributed by atoms with Gasteiger partial charge in [0.1, 0.15) is 57.9 Å². The van der Waals surface area contributed by atoms with Crippen LogP contribution in [0.1, 0.15) is 37.8 Å². The van der Waals surface area contributed by atoms with E-state index in [0.29, 0.717) is 0 Å². The SMILES string of the molecule is COC(=O)[C@]12Oc3ccc(-c4ccc5c(c4O)C(O)=C4C(=O)C[C@H](C)[C@H](O)[C@]4(C(=O)OC)O5)c(O)c3C(O)=C1C(=O)C[C@@H](C)[C@@H]2O. The molecule has 6 atom stereocenters. The number of aromatic hydroxyl groups is 2. The highest BCUT2D eigenvalue weighted by atomic mass is 16.6. The summed E-state index contributed by atoms with van der Waals surface area (Å²) in [4.78, 5) is 52.3. The molecule has 0 radical (unpaired) electrons. The highest BCUT2D eigenvalue weighted by molar-refractivity contribution is 6.14. The van der Waals surface area contributed by atoms with Crippen LogP contribution in [0.2, 0.25) is 0 Å². The number of aliphatic hydroxyl groups excluding tert-OH is 4. The first-order chi connectivity index (χ1) is 21.7. The van der Waals surface area contributed by atoms with E-state index in [0.717, 1.165) is 14.2 Å². The lowest BCUT2D eigenvalue weighted by Crippen LogP contribution is -2.64. The van der Waals surface area contributed by atoms with Crippen molar-refractivity contribution in [2.24, 2.45) is 11.8 Å². The average Bonchev–Trinajstić information content (AvgIpc) is 3.01. The number of aliphatic hydroxyl groups is 4. The number of phenolic OH excluding ortho intramolecular Hbond substituents is 2. The van der Waals surface area contributed by atoms with Gasteiger partial charge in [0, 0.05) is 24.0 Å². The predicted molar refractivity (Wildman–Crippen MR) is 155 cm³/mol. The first-order valence-corrected chi connectivity index (χ1v) is 14.3. The van der Waals surface area contributed by atoms with Crippen LogP contribution in [0.15, 0.2) is 35.4 Å². The minimum Gasteiger partial charge on any atom is -0.506 e. The third-order valence-corrected chi connectivity index (χ3v) is 9.26. The predicted octanol–water partition coefficient (Wildman–Crippen LogP) is 1.85. The van der Waals surface area contributed by atoms with E-state index in [-0.39, 0.29) is 35.5 Å². The molecule has 6 N–H and O–H groups in total. The summed E-state index contributed by atoms with van der Waals surface area (Å²) in [6, 6.07) is 4.92. The van der Waals surface area contributed by atoms with Crippen molar-refractivity contribution in [2.45, 2.75) is 50.1 Å². The van der Waals surface area contributed by atoms with Crippen LogP contribution >= 0.6 is 0 Å². The Morgan fingerprint density at radius 2 is 1.04 bits per heavy atom. The molecule has 242 valence electrons. The fourth-order valence-electron chi connectivity index (χ4n) is 7.00. The minimum absolute atomic E-state index is 0.163. The molecule has 2 saturated carbocycles. The van der Waals surface area contributed by atoms with Crippen molar-refractivity contribution in [3.05, 3.63) is 46.5 Å². The minimum atomic E-state index is -2.42. The lowest BCUT2D eigenvalue weighted by atomic mass is 9.69. The van der Waals surface area contributed by atoms with Gasteiger partial charge in [-0.2, -0.15) is 0 Å². The first kappa shape index (κ1) is 30.9. The van der Waals surface area contributed by atoms with Crippen LogP contribution in [0.25, 0.3) is 22.6 Å². The van der Waals surface area contributed by atoms with E-state index in [1.807, 2.05) is 0 Å². The normalized spacial score (nSPS) is 29.9. The number of benzene rings is 2. The number of hydrogen-bond donors (Lipinski definition) is 6. The Balaban J connectivity index is 1.55. The number of carbonyl (C=O) groups is 4. The molecule has 2 aliphatic heterocycles. The molecule has 14 heteroatoms. The zero-order chi connectivity index (χ0) is 33.6. The maximum atomic E-state index is 13.2. The monoisotopic (exact) mass is 638 g/mol. The Morgan fingerprint density at radius 1 is 0.696 bits per heavy atom. The van der Waals surface area contributed by atoms with Crippen molar-refractivity contribution >= 4 is 35.0 Å². The number of ketones is 2. The third kappa shape index (κ3) is 3.70. The summed E-state index contributed by atoms with van der Waals surface area (Å²) in [7, 11) is 2.04. The van der Waals surface area contributed by atoms with Gasteiger partial charge in [-0.05, 0) is 36.1 Å². The summed E-state index contributed by atoms with van der Waals surface area (Å²) in [6.45, 7) is 3.04. The molecule has 6 rings (SSSR count). The molecule has 2 aromatic carbocycles. The number of ether oxygens (including phenoxy) is 4. The number of Topliss-reactive ketones (excluding diaryl/α,β-unsaturated/α-hetero) is 2. The zero-order valence-corrected chi connectivity index (χ0v) is 25.0. The van der Waals surface area contributed by atoms with E-state index in [4.69, 9.17) is 18.9 Å². The third-order valence-electron chi connectivity index (χ3n) is 9.26. The van der Waals surface area contributed by atoms with Crippen LogP contribution in [0.5, 0.6) is 23.0 Å². The van der Waals surface area contributed by atoms with Crippen LogP contribution in [0, 0.1) is 11.8 Å². The molecule has 4 aliphatic rings. The van der Waals surface area contributed by atoms with Crippen molar-refractivity contribution in [1.29, 1.82) is 0 Å². The second kappa shape index (κ2) is 10.2. The molecular formula is C32H30O14. The quantitative estimate of drug-likeness (QED) is 0.264. The topological polar surface area (TPSA) is 227 Å². The fourth-order valence-corrected chi connectivity index (χ4v) is 7.00. The molecule has 14 nitrogen and oxygen atoms in total. The van der Waals surface area contributed by atoms with E-state index in [2.05, 4.69) is 0 Å². The van der Waals surface area contributed by atoms with Crippen LogP contribution in [0.3, 0.4) is 0 Å². The van der Waals surface area contributed by atoms with E-state index in [1.54, 1.807) is 0 Å². The van der Waals surface area contributed by atoms with Crippen LogP contribution in [-0.2, 0) is 28.7 Å². The summed E-state index contributed by atoms with van der Waals surface area (Å²) >= 11 is 0. The second-order valence-corrected chi connectivity index (χ2v) is 11.9. The average molecular weight is 639 g/mol. The van der Waals surface area contributed by atoms with E-state index >= 15 is 0 Å². The van der Waals surface area contributed by atoms with Crippen LogP contribution < -0.4 is 9.47 Å². The zero-order valence-electron chi connectivity index (χ0n) is 25.0. The van der Waals surface area contributed by atoms with Crippen molar-refractivity contribution in [3.8, 4) is 34.1 Å². The summed E-state index contributed by atoms with van der Waals surface area (Å²) < 4.78 is 21.5. The van der Waals surface area contributed by atoms with Crippen LogP contribution in [-0.4, -0.2) is 91.8 Å². The molecule has 0 amide bonds. The Labute approximate surface area is 260 Å². The second-order valence-electron chi connectivity index (χ2n) is 11.9. The Kier molecular flexibility index (Phi) is 6.87. The number of esters is 2. The van der Waals surface area contributed by atoms with Gasteiger partial charge < -0.3 is 49.6 Å². The highest BCUT2D eigenvalue weighted by Gasteiger charge is 2.64. The Morgan fingerprint density at radius 3 is 1.37 bits per heavy atom. The van der Waals surface area contributed by atoms with Gasteiger partial charge >= 0.3 is 11.9 Å². The first-order valence-electron chi connectivity index (χ1n) is 14.3. The van der Waals surface area contributed by atoms with Gasteiger partial charge in [0.2, 0.25) is 0 Å². The van der Waals surface area contributed by atoms with E-state index < -0.39 is 104 Å². The van der Waals surface area contributed by atoms with Crippen molar-refractivity contribution in [3.63, 3.8) is 0 Å². The summed E-state index contributed by atoms with van der Waals surface area (Å²) in [5.74, 6) is -9.01. The smallest absolute Gasteiger partial charge is 0.358 e. The van der Waals surface area contributed by atoms with Gasteiger partial charge in [-0.1, -0.05) is 13.8 Å². The largest absolute Gasteiger partial charge is 0.506 e. The molecular weight excluding hydrogens is 608 g/mol. The summed E-state index contributed by atoms with van der Waals surface area (Å²) in [5.41, 5.74) is -7.25. The molecule has 0 bridgehead atoms. The Bertz CT molecular complexity index is 1690. The Hall–Kier alpha value is -5.08. The van der Waals surface area contributed by atoms with Gasteiger partial charge in [0.15, 0.2) is 11.6 Å². The fraction of sp³-hybridized carbons (Fsp3) is 0.375. The van der Waals surface area contributed by atoms with Gasteiger partial charge in [-0.15, -0.1) is 0 Å². The van der Waals surface area contributed by atoms with E-state index in [9.17, 15) is 49.8 Å². The number of carbonyl (C=O) groups excluding carboxylic acids is 4. The molecule has 0 unspecified atom stereocenters. The van der Waals surface area contributed by atoms with Gasteiger partial charge in [0.25, 0.3) is 11.2 Å². The molecule has 0 saturated heterocycles. The van der Waals surface area contributed by atoms with Gasteiger partial charge in [-0.3, -0.25) is 9.59 Å². The lowest BCUT2D eigenvalue weighted by molar-refractivity contribution is -0.173. The molecule has 46 heavy (non-hydrogen) atoms. The number of methoxy groups -OCH3 is 2. The van der Waals surface area contributed by atoms with Crippen molar-refractivity contribution < 1.29 is 68.8 Å². The molecule has 0 spiro atoms. The van der Waals surface area contributed by atoms with Gasteiger partial charge in [0.05, 0.1) is 25.4 Å².